The van der Waals surface area contributed by atoms with Gasteiger partial charge in [-0.3, -0.25) is 4.79 Å². The van der Waals surface area contributed by atoms with E-state index in [0.29, 0.717) is 37.5 Å². The van der Waals surface area contributed by atoms with E-state index in [1.807, 2.05) is 18.2 Å². The van der Waals surface area contributed by atoms with E-state index in [1.165, 1.54) is 4.90 Å². The molecule has 1 aliphatic carbocycles. The quantitative estimate of drug-likeness (QED) is 0.192. The van der Waals surface area contributed by atoms with E-state index in [0.717, 1.165) is 72.6 Å². The van der Waals surface area contributed by atoms with Crippen molar-refractivity contribution in [1.82, 2.24) is 14.9 Å². The van der Waals surface area contributed by atoms with Crippen molar-refractivity contribution in [3.63, 3.8) is 0 Å². The van der Waals surface area contributed by atoms with Gasteiger partial charge < -0.3 is 14.5 Å². The van der Waals surface area contributed by atoms with E-state index in [4.69, 9.17) is 26.3 Å². The van der Waals surface area contributed by atoms with Gasteiger partial charge in [0.25, 0.3) is 5.91 Å². The predicted octanol–water partition coefficient (Wildman–Crippen LogP) is 6.86. The molecule has 1 aliphatic heterocycles. The molecule has 1 fully saturated rings. The van der Waals surface area contributed by atoms with Gasteiger partial charge in [0, 0.05) is 35.9 Å². The Morgan fingerprint density at radius 2 is 2.10 bits per heavy atom. The van der Waals surface area contributed by atoms with Gasteiger partial charge in [-0.1, -0.05) is 63.1 Å². The smallest absolute Gasteiger partial charge is 0.318 e. The summed E-state index contributed by atoms with van der Waals surface area (Å²) in [6.07, 6.45) is 6.97. The largest absolute Gasteiger partial charge is 0.463 e. The number of piperazine rings is 1. The molecule has 1 saturated heterocycles. The van der Waals surface area contributed by atoms with Crippen LogP contribution in [0.15, 0.2) is 36.7 Å². The normalized spacial score (nSPS) is 20.9. The fourth-order valence-electron chi connectivity index (χ4n) is 6.17. The summed E-state index contributed by atoms with van der Waals surface area (Å²) in [4.78, 5) is 25.9. The van der Waals surface area contributed by atoms with Gasteiger partial charge in [0.1, 0.15) is 5.82 Å². The van der Waals surface area contributed by atoms with Crippen LogP contribution < -0.4 is 9.64 Å². The molecule has 0 N–H and O–H groups in total. The Labute approximate surface area is 256 Å². The molecule has 2 heterocycles. The number of nitrogens with zero attached hydrogens (tertiary/aromatic N) is 5. The summed E-state index contributed by atoms with van der Waals surface area (Å²) in [6.45, 7) is 9.21. The highest BCUT2D eigenvalue weighted by Crippen LogP contribution is 2.45. The van der Waals surface area contributed by atoms with Gasteiger partial charge in [-0.15, -0.1) is 9.24 Å². The first-order chi connectivity index (χ1) is 20.3. The van der Waals surface area contributed by atoms with E-state index in [-0.39, 0.29) is 18.6 Å². The number of aryl methyl sites for hydroxylation is 1. The highest BCUT2D eigenvalue weighted by atomic mass is 35.5. The third kappa shape index (κ3) is 7.60. The number of carbonyl (C=O) groups excluding carboxylic acids is 1. The molecule has 42 heavy (non-hydrogen) atoms. The van der Waals surface area contributed by atoms with Crippen LogP contribution in [0, 0.1) is 23.2 Å². The van der Waals surface area contributed by atoms with Gasteiger partial charge >= 0.3 is 6.01 Å². The molecule has 1 amide bonds. The first-order valence-electron chi connectivity index (χ1n) is 15.1. The van der Waals surface area contributed by atoms with E-state index in [9.17, 15) is 14.4 Å². The van der Waals surface area contributed by atoms with Crippen molar-refractivity contribution in [3.05, 3.63) is 58.5 Å². The number of amides is 1. The number of hydrogen-bond acceptors (Lipinski definition) is 6. The lowest BCUT2D eigenvalue weighted by molar-refractivity contribution is -0.131. The van der Waals surface area contributed by atoms with Crippen LogP contribution in [0.1, 0.15) is 74.9 Å². The van der Waals surface area contributed by atoms with E-state index < -0.39 is 17.8 Å². The second-order valence-electron chi connectivity index (χ2n) is 11.4. The first kappa shape index (κ1) is 32.2. The Morgan fingerprint density at radius 1 is 1.31 bits per heavy atom. The van der Waals surface area contributed by atoms with Crippen LogP contribution in [0.2, 0.25) is 5.02 Å². The second kappa shape index (κ2) is 15.1. The molecule has 4 rings (SSSR count). The van der Waals surface area contributed by atoms with Gasteiger partial charge in [-0.2, -0.15) is 15.2 Å². The topological polar surface area (TPSA) is 82.3 Å². The van der Waals surface area contributed by atoms with Crippen LogP contribution in [0.4, 0.5) is 10.2 Å². The molecule has 226 valence electrons. The minimum absolute atomic E-state index is 0.0950. The molecule has 0 radical (unpaired) electrons. The SMILES string of the molecule is C=C(F)C(=O)N1CCN(c2nc(OCC(CC)CCC)nc3c2CCC(CCc2ccccc2Cl)C3P)CC1CC#N. The Kier molecular flexibility index (Phi) is 11.6. The molecular formula is C32H42ClFN5O2P. The van der Waals surface area contributed by atoms with Crippen LogP contribution in [-0.4, -0.2) is 53.1 Å². The van der Waals surface area contributed by atoms with Gasteiger partial charge in [0.15, 0.2) is 5.83 Å². The average Bonchev–Trinajstić information content (AvgIpc) is 2.99. The minimum Gasteiger partial charge on any atom is -0.463 e. The Bertz CT molecular complexity index is 1300. The predicted molar refractivity (Wildman–Crippen MR) is 168 cm³/mol. The molecule has 7 nitrogen and oxygen atoms in total. The number of carbonyl (C=O) groups is 1. The van der Waals surface area contributed by atoms with Crippen LogP contribution in [0.5, 0.6) is 6.01 Å². The molecule has 5 unspecified atom stereocenters. The number of anilines is 1. The van der Waals surface area contributed by atoms with Gasteiger partial charge in [-0.05, 0) is 55.6 Å². The summed E-state index contributed by atoms with van der Waals surface area (Å²) >= 11 is 6.44. The molecule has 1 aromatic carbocycles. The molecule has 0 saturated carbocycles. The van der Waals surface area contributed by atoms with E-state index >= 15 is 0 Å². The van der Waals surface area contributed by atoms with Crippen molar-refractivity contribution in [1.29, 1.82) is 5.26 Å². The minimum atomic E-state index is -1.01. The third-order valence-corrected chi connectivity index (χ3v) is 9.88. The van der Waals surface area contributed by atoms with Crippen LogP contribution in [0.25, 0.3) is 0 Å². The van der Waals surface area contributed by atoms with Gasteiger partial charge in [0.05, 0.1) is 30.8 Å². The summed E-state index contributed by atoms with van der Waals surface area (Å²) in [7, 11) is 3.02. The number of ether oxygens (including phenoxy) is 1. The fraction of sp³-hybridized carbons (Fsp3) is 0.562. The lowest BCUT2D eigenvalue weighted by atomic mass is 9.82. The van der Waals surface area contributed by atoms with Crippen LogP contribution in [-0.2, 0) is 17.6 Å². The number of hydrogen-bond donors (Lipinski definition) is 0. The average molecular weight is 614 g/mol. The maximum atomic E-state index is 13.8. The molecule has 2 aliphatic rings. The maximum absolute atomic E-state index is 13.8. The molecular weight excluding hydrogens is 572 g/mol. The summed E-state index contributed by atoms with van der Waals surface area (Å²) in [5, 5.41) is 10.3. The standard InChI is InChI=1S/C32H42ClFN5O2P/c1-4-8-22(5-2)20-41-32-36-28-26(14-13-24(29(28)42)12-11-23-9-6-7-10-27(23)33)30(37-32)38-17-18-39(31(40)21(3)34)25(19-38)15-16-35/h6-7,9-10,22,24-25,29H,3-5,8,11-15,17-20,42H2,1-2H3. The number of rotatable bonds is 12. The number of fused-ring (bicyclic) bond motifs is 1. The number of nitriles is 1. The van der Waals surface area contributed by atoms with Crippen molar-refractivity contribution < 1.29 is 13.9 Å². The van der Waals surface area contributed by atoms with Crippen molar-refractivity contribution in [2.24, 2.45) is 11.8 Å². The summed E-state index contributed by atoms with van der Waals surface area (Å²) in [6, 6.07) is 10.1. The zero-order chi connectivity index (χ0) is 30.2. The Hall–Kier alpha value is -2.75. The van der Waals surface area contributed by atoms with Crippen LogP contribution >= 0.6 is 20.8 Å². The Morgan fingerprint density at radius 3 is 2.79 bits per heavy atom. The third-order valence-electron chi connectivity index (χ3n) is 8.65. The van der Waals surface area contributed by atoms with Crippen LogP contribution in [0.3, 0.4) is 0 Å². The highest BCUT2D eigenvalue weighted by molar-refractivity contribution is 7.17. The summed E-state index contributed by atoms with van der Waals surface area (Å²) < 4.78 is 20.0. The maximum Gasteiger partial charge on any atom is 0.318 e. The first-order valence-corrected chi connectivity index (χ1v) is 16.1. The van der Waals surface area contributed by atoms with E-state index in [1.54, 1.807) is 0 Å². The van der Waals surface area contributed by atoms with E-state index in [2.05, 4.69) is 46.7 Å². The zero-order valence-electron chi connectivity index (χ0n) is 24.7. The number of benzene rings is 1. The lowest BCUT2D eigenvalue weighted by Crippen LogP contribution is -2.55. The molecule has 1 aromatic heterocycles. The monoisotopic (exact) mass is 613 g/mol. The van der Waals surface area contributed by atoms with Gasteiger partial charge in [0.2, 0.25) is 0 Å². The van der Waals surface area contributed by atoms with Crippen molar-refractivity contribution in [2.75, 3.05) is 31.1 Å². The summed E-state index contributed by atoms with van der Waals surface area (Å²) in [5.41, 5.74) is 3.34. The number of halogens is 2. The van der Waals surface area contributed by atoms with Crippen molar-refractivity contribution >= 4 is 32.6 Å². The molecule has 10 heteroatoms. The molecule has 2 aromatic rings. The fourth-order valence-corrected chi connectivity index (χ4v) is 7.06. The van der Waals surface area contributed by atoms with Gasteiger partial charge in [-0.25, -0.2) is 4.39 Å². The summed E-state index contributed by atoms with van der Waals surface area (Å²) in [5.74, 6) is -0.139. The molecule has 0 spiro atoms. The second-order valence-corrected chi connectivity index (χ2v) is 12.5. The molecule has 0 bridgehead atoms. The zero-order valence-corrected chi connectivity index (χ0v) is 26.6. The van der Waals surface area contributed by atoms with Crippen molar-refractivity contribution in [3.8, 4) is 12.1 Å². The number of aromatic nitrogens is 2. The van der Waals surface area contributed by atoms with Crippen molar-refractivity contribution in [2.45, 2.75) is 76.9 Å². The Balaban J connectivity index is 1.62. The highest BCUT2D eigenvalue weighted by Gasteiger charge is 2.36. The molecule has 5 atom stereocenters. The lowest BCUT2D eigenvalue weighted by Gasteiger charge is -2.42.